The van der Waals surface area contributed by atoms with Crippen molar-refractivity contribution in [1.29, 1.82) is 0 Å². The molecule has 6 rings (SSSR count). The van der Waals surface area contributed by atoms with Crippen LogP contribution >= 0.6 is 0 Å². The van der Waals surface area contributed by atoms with Crippen molar-refractivity contribution in [1.82, 2.24) is 14.9 Å². The van der Waals surface area contributed by atoms with E-state index in [0.717, 1.165) is 27.8 Å². The standard InChI is InChI=1S/C30H24FN5O/c31-23-11-9-18(13-20-5-3-4-8-26(20)32)24(15-23)19-10-12-27-25(14-19)28(35-30(33)34-27)29(37)36-16-21-6-1-2-7-22(21)17-36/h1-12,14-15H,13,16-17,32H2,(H2,33,34,35). The Bertz CT molecular complexity index is 1660. The van der Waals surface area contributed by atoms with E-state index in [1.807, 2.05) is 60.7 Å². The van der Waals surface area contributed by atoms with E-state index < -0.39 is 0 Å². The van der Waals surface area contributed by atoms with Crippen LogP contribution in [0.3, 0.4) is 0 Å². The maximum absolute atomic E-state index is 14.4. The lowest BCUT2D eigenvalue weighted by molar-refractivity contribution is 0.0747. The van der Waals surface area contributed by atoms with Crippen LogP contribution in [0.4, 0.5) is 16.0 Å². The third-order valence-electron chi connectivity index (χ3n) is 6.86. The van der Waals surface area contributed by atoms with Crippen molar-refractivity contribution in [3.8, 4) is 11.1 Å². The van der Waals surface area contributed by atoms with E-state index in [-0.39, 0.29) is 23.4 Å². The van der Waals surface area contributed by atoms with Crippen molar-refractivity contribution >= 4 is 28.4 Å². The van der Waals surface area contributed by atoms with E-state index in [9.17, 15) is 9.18 Å². The van der Waals surface area contributed by atoms with Crippen molar-refractivity contribution in [2.24, 2.45) is 0 Å². The van der Waals surface area contributed by atoms with Gasteiger partial charge in [-0.05, 0) is 63.7 Å². The average Bonchev–Trinajstić information content (AvgIpc) is 3.34. The van der Waals surface area contributed by atoms with E-state index in [2.05, 4.69) is 9.97 Å². The van der Waals surface area contributed by atoms with Gasteiger partial charge in [0, 0.05) is 30.6 Å². The van der Waals surface area contributed by atoms with Gasteiger partial charge in [0.25, 0.3) is 5.91 Å². The van der Waals surface area contributed by atoms with Gasteiger partial charge in [-0.25, -0.2) is 14.4 Å². The number of carbonyl (C=O) groups excluding carboxylic acids is 1. The zero-order valence-corrected chi connectivity index (χ0v) is 20.0. The quantitative estimate of drug-likeness (QED) is 0.332. The van der Waals surface area contributed by atoms with Crippen molar-refractivity contribution in [2.45, 2.75) is 19.5 Å². The number of anilines is 2. The Morgan fingerprint density at radius 1 is 0.838 bits per heavy atom. The van der Waals surface area contributed by atoms with Crippen molar-refractivity contribution < 1.29 is 9.18 Å². The molecular formula is C30H24FN5O. The monoisotopic (exact) mass is 489 g/mol. The average molecular weight is 490 g/mol. The summed E-state index contributed by atoms with van der Waals surface area (Å²) in [4.78, 5) is 24.1. The lowest BCUT2D eigenvalue weighted by Crippen LogP contribution is -2.27. The highest BCUT2D eigenvalue weighted by Crippen LogP contribution is 2.32. The number of carbonyl (C=O) groups is 1. The van der Waals surface area contributed by atoms with Gasteiger partial charge in [-0.2, -0.15) is 0 Å². The Balaban J connectivity index is 1.43. The highest BCUT2D eigenvalue weighted by Gasteiger charge is 2.27. The highest BCUT2D eigenvalue weighted by atomic mass is 19.1. The second-order valence-corrected chi connectivity index (χ2v) is 9.27. The summed E-state index contributed by atoms with van der Waals surface area (Å²) in [6, 6.07) is 25.9. The number of hydrogen-bond acceptors (Lipinski definition) is 5. The molecule has 0 saturated heterocycles. The minimum atomic E-state index is -0.348. The first-order chi connectivity index (χ1) is 18.0. The summed E-state index contributed by atoms with van der Waals surface area (Å²) in [6.45, 7) is 1.01. The molecule has 6 nitrogen and oxygen atoms in total. The normalized spacial score (nSPS) is 12.6. The van der Waals surface area contributed by atoms with Gasteiger partial charge in [0.2, 0.25) is 5.95 Å². The fraction of sp³-hybridized carbons (Fsp3) is 0.100. The molecule has 0 spiro atoms. The second kappa shape index (κ2) is 9.02. The van der Waals surface area contributed by atoms with Crippen LogP contribution in [0.5, 0.6) is 0 Å². The Labute approximate surface area is 213 Å². The predicted molar refractivity (Wildman–Crippen MR) is 143 cm³/mol. The molecule has 7 heteroatoms. The Morgan fingerprint density at radius 3 is 2.32 bits per heavy atom. The first-order valence-corrected chi connectivity index (χ1v) is 12.0. The minimum Gasteiger partial charge on any atom is -0.398 e. The Hall–Kier alpha value is -4.78. The van der Waals surface area contributed by atoms with Gasteiger partial charge in [0.05, 0.1) is 5.52 Å². The summed E-state index contributed by atoms with van der Waals surface area (Å²) in [5.74, 6) is -0.533. The molecule has 4 aromatic carbocycles. The molecule has 0 saturated carbocycles. The number of nitrogens with two attached hydrogens (primary N) is 2. The summed E-state index contributed by atoms with van der Waals surface area (Å²) in [5, 5.41) is 0.571. The number of fused-ring (bicyclic) bond motifs is 2. The van der Waals surface area contributed by atoms with Crippen LogP contribution in [0.1, 0.15) is 32.7 Å². The van der Waals surface area contributed by atoms with E-state index in [0.29, 0.717) is 41.7 Å². The zero-order valence-electron chi connectivity index (χ0n) is 20.0. The first-order valence-electron chi connectivity index (χ1n) is 12.0. The molecule has 0 radical (unpaired) electrons. The van der Waals surface area contributed by atoms with Crippen LogP contribution in [0.2, 0.25) is 0 Å². The number of hydrogen-bond donors (Lipinski definition) is 2. The molecule has 0 bridgehead atoms. The third kappa shape index (κ3) is 4.25. The lowest BCUT2D eigenvalue weighted by atomic mass is 9.93. The molecule has 0 unspecified atom stereocenters. The molecule has 0 fully saturated rings. The van der Waals surface area contributed by atoms with Crippen LogP contribution in [-0.2, 0) is 19.5 Å². The number of benzene rings is 4. The van der Waals surface area contributed by atoms with Gasteiger partial charge in [0.15, 0.2) is 0 Å². The Kier molecular flexibility index (Phi) is 5.53. The van der Waals surface area contributed by atoms with Gasteiger partial charge in [0.1, 0.15) is 11.5 Å². The Morgan fingerprint density at radius 2 is 1.57 bits per heavy atom. The molecule has 0 atom stereocenters. The highest BCUT2D eigenvalue weighted by molar-refractivity contribution is 6.06. The van der Waals surface area contributed by atoms with Crippen molar-refractivity contribution in [3.05, 3.63) is 119 Å². The van der Waals surface area contributed by atoms with E-state index >= 15 is 0 Å². The first kappa shape index (κ1) is 22.7. The molecular weight excluding hydrogens is 465 g/mol. The molecule has 5 aromatic rings. The number of rotatable bonds is 4. The third-order valence-corrected chi connectivity index (χ3v) is 6.86. The van der Waals surface area contributed by atoms with Gasteiger partial charge in [-0.1, -0.05) is 54.6 Å². The van der Waals surface area contributed by atoms with E-state index in [1.54, 1.807) is 17.0 Å². The number of para-hydroxylation sites is 1. The molecule has 4 N–H and O–H groups in total. The van der Waals surface area contributed by atoms with Crippen LogP contribution in [0.25, 0.3) is 22.0 Å². The van der Waals surface area contributed by atoms with E-state index in [1.165, 1.54) is 12.1 Å². The van der Waals surface area contributed by atoms with Gasteiger partial charge < -0.3 is 16.4 Å². The molecule has 1 aliphatic heterocycles. The number of aromatic nitrogens is 2. The number of amides is 1. The SMILES string of the molecule is Nc1nc(C(=O)N2Cc3ccccc3C2)c2cc(-c3cc(F)ccc3Cc3ccccc3N)ccc2n1. The second-order valence-electron chi connectivity index (χ2n) is 9.27. The molecule has 37 heavy (non-hydrogen) atoms. The minimum absolute atomic E-state index is 0.0336. The fourth-order valence-corrected chi connectivity index (χ4v) is 4.98. The van der Waals surface area contributed by atoms with Gasteiger partial charge in [-0.3, -0.25) is 4.79 Å². The molecule has 2 heterocycles. The maximum Gasteiger partial charge on any atom is 0.273 e. The fourth-order valence-electron chi connectivity index (χ4n) is 4.98. The zero-order chi connectivity index (χ0) is 25.5. The van der Waals surface area contributed by atoms with Crippen LogP contribution < -0.4 is 11.5 Å². The summed E-state index contributed by atoms with van der Waals surface area (Å²) >= 11 is 0. The van der Waals surface area contributed by atoms with Crippen LogP contribution in [0, 0.1) is 5.82 Å². The summed E-state index contributed by atoms with van der Waals surface area (Å²) in [6.07, 6.45) is 0.538. The summed E-state index contributed by atoms with van der Waals surface area (Å²) in [7, 11) is 0. The lowest BCUT2D eigenvalue weighted by Gasteiger charge is -2.17. The molecule has 1 amide bonds. The van der Waals surface area contributed by atoms with Gasteiger partial charge >= 0.3 is 0 Å². The van der Waals surface area contributed by atoms with Crippen molar-refractivity contribution in [2.75, 3.05) is 11.5 Å². The van der Waals surface area contributed by atoms with E-state index in [4.69, 9.17) is 11.5 Å². The molecule has 182 valence electrons. The largest absolute Gasteiger partial charge is 0.398 e. The maximum atomic E-state index is 14.4. The smallest absolute Gasteiger partial charge is 0.273 e. The summed E-state index contributed by atoms with van der Waals surface area (Å²) < 4.78 is 14.4. The molecule has 1 aliphatic rings. The van der Waals surface area contributed by atoms with Crippen molar-refractivity contribution in [3.63, 3.8) is 0 Å². The molecule has 1 aromatic heterocycles. The topological polar surface area (TPSA) is 98.1 Å². The number of nitrogens with zero attached hydrogens (tertiary/aromatic N) is 3. The number of halogens is 1. The van der Waals surface area contributed by atoms with Crippen LogP contribution in [-0.4, -0.2) is 20.8 Å². The summed E-state index contributed by atoms with van der Waals surface area (Å²) in [5.41, 5.74) is 19.2. The molecule has 0 aliphatic carbocycles. The van der Waals surface area contributed by atoms with Gasteiger partial charge in [-0.15, -0.1) is 0 Å². The van der Waals surface area contributed by atoms with Crippen LogP contribution in [0.15, 0.2) is 84.9 Å². The number of nitrogen functional groups attached to an aromatic ring is 2. The predicted octanol–water partition coefficient (Wildman–Crippen LogP) is 5.35.